The van der Waals surface area contributed by atoms with Gasteiger partial charge in [0.25, 0.3) is 0 Å². The van der Waals surface area contributed by atoms with Gasteiger partial charge in [0.05, 0.1) is 0 Å². The normalized spacial score (nSPS) is 14.1. The molecule has 0 N–H and O–H groups in total. The molecule has 0 saturated heterocycles. The van der Waals surface area contributed by atoms with Crippen LogP contribution in [0.5, 0.6) is 0 Å². The van der Waals surface area contributed by atoms with Crippen LogP contribution in [0.15, 0.2) is 24.8 Å². The standard InChI is InChI=1S/2C5H9N2.C4H6.CH3.Ni/c2*1-6-3-4-7(2)5-6;1-3-4-2;;/h2*3-5H,1-2H3;1-2H3;1H3;/q2*-1;;-1;+3. The fourth-order valence-corrected chi connectivity index (χ4v) is 1.15. The summed E-state index contributed by atoms with van der Waals surface area (Å²) in [5.74, 6) is 5.36. The minimum atomic E-state index is 0. The van der Waals surface area contributed by atoms with E-state index in [0.29, 0.717) is 0 Å². The average Bonchev–Trinajstić information content (AvgIpc) is 2.88. The van der Waals surface area contributed by atoms with Gasteiger partial charge in [-0.25, -0.2) is 0 Å². The van der Waals surface area contributed by atoms with Crippen molar-refractivity contribution >= 4 is 0 Å². The van der Waals surface area contributed by atoms with E-state index in [1.54, 1.807) is 0 Å². The number of rotatable bonds is 0. The molecule has 20 heavy (non-hydrogen) atoms. The Morgan fingerprint density at radius 2 is 0.850 bits per heavy atom. The van der Waals surface area contributed by atoms with Gasteiger partial charge in [-0.3, -0.25) is 0 Å². The van der Waals surface area contributed by atoms with Crippen LogP contribution in [-0.4, -0.2) is 47.8 Å². The molecule has 2 aliphatic rings. The maximum Gasteiger partial charge on any atom is 3.00 e. The van der Waals surface area contributed by atoms with Crippen LogP contribution in [0.25, 0.3) is 0 Å². The van der Waals surface area contributed by atoms with Crippen LogP contribution < -0.4 is 0 Å². The van der Waals surface area contributed by atoms with Gasteiger partial charge in [-0.1, -0.05) is 0 Å². The minimum absolute atomic E-state index is 0. The van der Waals surface area contributed by atoms with E-state index in [1.165, 1.54) is 0 Å². The topological polar surface area (TPSA) is 13.0 Å². The molecule has 0 spiro atoms. The van der Waals surface area contributed by atoms with E-state index >= 15 is 0 Å². The molecule has 0 bridgehead atoms. The molecule has 2 heterocycles. The van der Waals surface area contributed by atoms with Crippen LogP contribution in [0, 0.1) is 32.6 Å². The largest absolute Gasteiger partial charge is 3.00 e. The first-order chi connectivity index (χ1) is 8.49. The van der Waals surface area contributed by atoms with Crippen LogP contribution in [0.4, 0.5) is 0 Å². The third-order valence-corrected chi connectivity index (χ3v) is 2.05. The third-order valence-electron chi connectivity index (χ3n) is 2.05. The molecular formula is C15H27N4Ni. The number of hydrogen-bond donors (Lipinski definition) is 0. The van der Waals surface area contributed by atoms with E-state index in [9.17, 15) is 0 Å². The van der Waals surface area contributed by atoms with Crippen molar-refractivity contribution in [1.82, 2.24) is 19.6 Å². The van der Waals surface area contributed by atoms with Crippen molar-refractivity contribution in [3.8, 4) is 11.8 Å². The Labute approximate surface area is 136 Å². The molecule has 0 aliphatic carbocycles. The average molecular weight is 322 g/mol. The fraction of sp³-hybridized carbons (Fsp3) is 0.400. The van der Waals surface area contributed by atoms with Crippen molar-refractivity contribution in [3.63, 3.8) is 0 Å². The van der Waals surface area contributed by atoms with Gasteiger partial charge in [0, 0.05) is 0 Å². The molecule has 0 aromatic carbocycles. The molecule has 2 rings (SSSR count). The van der Waals surface area contributed by atoms with Crippen LogP contribution in [0.2, 0.25) is 0 Å². The summed E-state index contributed by atoms with van der Waals surface area (Å²) in [5, 5.41) is 0. The van der Waals surface area contributed by atoms with Crippen molar-refractivity contribution in [3.05, 3.63) is 45.6 Å². The number of nitrogens with zero attached hydrogens (tertiary/aromatic N) is 4. The Hall–Kier alpha value is -1.27. The van der Waals surface area contributed by atoms with E-state index in [1.807, 2.05) is 99.8 Å². The van der Waals surface area contributed by atoms with Crippen LogP contribution in [0.1, 0.15) is 13.8 Å². The molecule has 0 aromatic heterocycles. The molecule has 0 saturated carbocycles. The van der Waals surface area contributed by atoms with E-state index in [-0.39, 0.29) is 23.9 Å². The van der Waals surface area contributed by atoms with Crippen molar-refractivity contribution in [1.29, 1.82) is 0 Å². The monoisotopic (exact) mass is 321 g/mol. The summed E-state index contributed by atoms with van der Waals surface area (Å²) >= 11 is 0. The quantitative estimate of drug-likeness (QED) is 0.386. The van der Waals surface area contributed by atoms with Gasteiger partial charge in [-0.2, -0.15) is 13.3 Å². The van der Waals surface area contributed by atoms with E-state index in [0.717, 1.165) is 0 Å². The molecule has 2 aliphatic heterocycles. The van der Waals surface area contributed by atoms with E-state index in [4.69, 9.17) is 0 Å². The van der Waals surface area contributed by atoms with Crippen molar-refractivity contribution in [2.75, 3.05) is 28.2 Å². The van der Waals surface area contributed by atoms with Crippen LogP contribution in [0.3, 0.4) is 0 Å². The zero-order valence-electron chi connectivity index (χ0n) is 13.6. The molecule has 0 amide bonds. The van der Waals surface area contributed by atoms with Gasteiger partial charge in [-0.05, 0) is 66.8 Å². The van der Waals surface area contributed by atoms with Crippen LogP contribution >= 0.6 is 0 Å². The zero-order chi connectivity index (χ0) is 14.0. The smallest absolute Gasteiger partial charge is 0.511 e. The molecule has 0 atom stereocenters. The molecular weight excluding hydrogens is 295 g/mol. The summed E-state index contributed by atoms with van der Waals surface area (Å²) in [6.07, 6.45) is 8.00. The molecule has 5 heteroatoms. The fourth-order valence-electron chi connectivity index (χ4n) is 1.15. The van der Waals surface area contributed by atoms with E-state index < -0.39 is 0 Å². The van der Waals surface area contributed by atoms with E-state index in [2.05, 4.69) is 11.8 Å². The second-order valence-electron chi connectivity index (χ2n) is 3.99. The van der Waals surface area contributed by atoms with Gasteiger partial charge in [0.2, 0.25) is 0 Å². The molecule has 0 aromatic rings. The summed E-state index contributed by atoms with van der Waals surface area (Å²) < 4.78 is 0. The predicted octanol–water partition coefficient (Wildman–Crippen LogP) is 2.39. The Kier molecular flexibility index (Phi) is 16.8. The van der Waals surface area contributed by atoms with Gasteiger partial charge in [0.1, 0.15) is 0 Å². The minimum Gasteiger partial charge on any atom is -0.511 e. The van der Waals surface area contributed by atoms with Gasteiger partial charge >= 0.3 is 16.5 Å². The van der Waals surface area contributed by atoms with Gasteiger partial charge in [-0.15, -0.1) is 11.8 Å². The van der Waals surface area contributed by atoms with Crippen molar-refractivity contribution < 1.29 is 16.5 Å². The molecule has 0 unspecified atom stereocenters. The Balaban J connectivity index is -0.000000215. The molecule has 0 fully saturated rings. The van der Waals surface area contributed by atoms with Crippen LogP contribution in [-0.2, 0) is 16.5 Å². The Bertz CT molecular complexity index is 281. The Morgan fingerprint density at radius 3 is 0.900 bits per heavy atom. The SMILES string of the molecule is CC#CC.CN1C=CN(C)[CH-]1.CN1C=CN(C)[CH-]1.[CH3-].[Ni+3]. The maximum atomic E-state index is 2.68. The summed E-state index contributed by atoms with van der Waals surface area (Å²) in [6, 6.07) is 0. The number of hydrogen-bond acceptors (Lipinski definition) is 4. The van der Waals surface area contributed by atoms with Gasteiger partial charge in [0.15, 0.2) is 0 Å². The predicted molar refractivity (Wildman–Crippen MR) is 83.5 cm³/mol. The van der Waals surface area contributed by atoms with Crippen molar-refractivity contribution in [2.45, 2.75) is 13.8 Å². The summed E-state index contributed by atoms with van der Waals surface area (Å²) in [6.45, 7) is 7.64. The second kappa shape index (κ2) is 14.1. The Morgan fingerprint density at radius 1 is 0.650 bits per heavy atom. The molecule has 117 valence electrons. The second-order valence-corrected chi connectivity index (χ2v) is 3.99. The molecule has 1 radical (unpaired) electrons. The van der Waals surface area contributed by atoms with Gasteiger partial charge < -0.3 is 27.0 Å². The summed E-state index contributed by atoms with van der Waals surface area (Å²) in [5.41, 5.74) is 0. The zero-order valence-corrected chi connectivity index (χ0v) is 14.6. The first-order valence-corrected chi connectivity index (χ1v) is 5.77. The third kappa shape index (κ3) is 13.2. The molecule has 4 nitrogen and oxygen atoms in total. The first kappa shape index (κ1) is 23.8. The first-order valence-electron chi connectivity index (χ1n) is 5.77. The summed E-state index contributed by atoms with van der Waals surface area (Å²) in [7, 11) is 8.00. The summed E-state index contributed by atoms with van der Waals surface area (Å²) in [4.78, 5) is 8.00. The maximum absolute atomic E-state index is 2.68. The van der Waals surface area contributed by atoms with Crippen molar-refractivity contribution in [2.24, 2.45) is 0 Å².